The fraction of sp³-hybridized carbons (Fsp3) is 0.318. The predicted molar refractivity (Wildman–Crippen MR) is 119 cm³/mol. The largest absolute Gasteiger partial charge is 0.496 e. The molecule has 3 amide bonds. The van der Waals surface area contributed by atoms with Crippen LogP contribution in [0.3, 0.4) is 0 Å². The summed E-state index contributed by atoms with van der Waals surface area (Å²) in [6, 6.07) is 9.17. The number of benzene rings is 2. The Morgan fingerprint density at radius 3 is 2.58 bits per heavy atom. The van der Waals surface area contributed by atoms with Gasteiger partial charge >= 0.3 is 0 Å². The summed E-state index contributed by atoms with van der Waals surface area (Å²) in [6.07, 6.45) is 2.29. The maximum atomic E-state index is 12.8. The van der Waals surface area contributed by atoms with Crippen molar-refractivity contribution in [3.8, 4) is 11.5 Å². The third-order valence-corrected chi connectivity index (χ3v) is 5.65. The Labute approximate surface area is 184 Å². The number of carbonyl (C=O) groups is 3. The van der Waals surface area contributed by atoms with E-state index >= 15 is 0 Å². The Balaban J connectivity index is 1.85. The molecule has 0 radical (unpaired) electrons. The van der Waals surface area contributed by atoms with Gasteiger partial charge in [-0.15, -0.1) is 0 Å². The molecule has 0 saturated carbocycles. The van der Waals surface area contributed by atoms with Gasteiger partial charge in [-0.05, 0) is 42.0 Å². The van der Waals surface area contributed by atoms with Crippen molar-refractivity contribution < 1.29 is 28.6 Å². The summed E-state index contributed by atoms with van der Waals surface area (Å²) >= 11 is 0.809. The number of fused-ring (bicyclic) bond motifs is 1. The van der Waals surface area contributed by atoms with Crippen LogP contribution in [0.25, 0.3) is 16.8 Å². The third-order valence-electron chi connectivity index (χ3n) is 4.74. The maximum absolute atomic E-state index is 12.8. The van der Waals surface area contributed by atoms with Crippen LogP contribution >= 0.6 is 11.8 Å². The van der Waals surface area contributed by atoms with Gasteiger partial charge in [0, 0.05) is 31.0 Å². The first kappa shape index (κ1) is 22.6. The zero-order chi connectivity index (χ0) is 22.4. The molecule has 2 aromatic rings. The summed E-state index contributed by atoms with van der Waals surface area (Å²) < 4.78 is 15.9. The van der Waals surface area contributed by atoms with Crippen molar-refractivity contribution in [2.75, 3.05) is 41.0 Å². The average Bonchev–Trinajstić information content (AvgIpc) is 3.03. The second-order valence-corrected chi connectivity index (χ2v) is 7.70. The predicted octanol–water partition coefficient (Wildman–Crippen LogP) is 3.05. The fourth-order valence-corrected chi connectivity index (χ4v) is 4.09. The van der Waals surface area contributed by atoms with Gasteiger partial charge in [-0.1, -0.05) is 18.2 Å². The molecule has 1 aliphatic heterocycles. The second kappa shape index (κ2) is 10.3. The van der Waals surface area contributed by atoms with Crippen LogP contribution in [0.2, 0.25) is 0 Å². The first-order valence-corrected chi connectivity index (χ1v) is 10.5. The van der Waals surface area contributed by atoms with E-state index in [0.29, 0.717) is 36.6 Å². The summed E-state index contributed by atoms with van der Waals surface area (Å²) in [6.45, 7) is 0.613. The normalized spacial score (nSPS) is 15.1. The molecule has 2 aromatic carbocycles. The zero-order valence-corrected chi connectivity index (χ0v) is 18.4. The average molecular weight is 445 g/mol. The van der Waals surface area contributed by atoms with Crippen molar-refractivity contribution in [2.45, 2.75) is 6.42 Å². The van der Waals surface area contributed by atoms with Crippen LogP contribution in [0.1, 0.15) is 12.0 Å². The van der Waals surface area contributed by atoms with Crippen molar-refractivity contribution in [2.24, 2.45) is 0 Å². The standard InChI is InChI=1S/C22H24N2O6S/c1-28-11-5-10-23-19(25)13-24-21(26)18(31-22(24)27)12-14-8-9-16(29-2)15-6-4-7-17(30-3)20(14)15/h4,6-9,12H,5,10-11,13H2,1-3H3,(H,23,25)/b18-12-. The number of imide groups is 1. The molecule has 31 heavy (non-hydrogen) atoms. The Morgan fingerprint density at radius 2 is 1.87 bits per heavy atom. The minimum absolute atomic E-state index is 0.245. The van der Waals surface area contributed by atoms with E-state index in [4.69, 9.17) is 14.2 Å². The number of nitrogens with one attached hydrogen (secondary N) is 1. The highest BCUT2D eigenvalue weighted by Crippen LogP contribution is 2.38. The zero-order valence-electron chi connectivity index (χ0n) is 17.6. The Bertz CT molecular complexity index is 1040. The van der Waals surface area contributed by atoms with Gasteiger partial charge < -0.3 is 19.5 Å². The molecule has 0 aliphatic carbocycles. The third kappa shape index (κ3) is 5.00. The molecular weight excluding hydrogens is 420 g/mol. The lowest BCUT2D eigenvalue weighted by atomic mass is 10.0. The number of nitrogens with zero attached hydrogens (tertiary/aromatic N) is 1. The molecule has 1 fully saturated rings. The van der Waals surface area contributed by atoms with Crippen molar-refractivity contribution >= 4 is 45.7 Å². The van der Waals surface area contributed by atoms with Crippen molar-refractivity contribution in [1.82, 2.24) is 10.2 Å². The molecule has 9 heteroatoms. The van der Waals surface area contributed by atoms with E-state index in [0.717, 1.165) is 27.4 Å². The Morgan fingerprint density at radius 1 is 1.10 bits per heavy atom. The lowest BCUT2D eigenvalue weighted by Gasteiger charge is -2.13. The number of hydrogen-bond acceptors (Lipinski definition) is 7. The molecule has 1 saturated heterocycles. The van der Waals surface area contributed by atoms with Gasteiger partial charge in [-0.3, -0.25) is 19.3 Å². The highest BCUT2D eigenvalue weighted by atomic mass is 32.2. The number of carbonyl (C=O) groups excluding carboxylic acids is 3. The first-order valence-electron chi connectivity index (χ1n) is 9.64. The van der Waals surface area contributed by atoms with Gasteiger partial charge in [0.15, 0.2) is 0 Å². The number of amides is 3. The van der Waals surface area contributed by atoms with Crippen LogP contribution in [0.5, 0.6) is 11.5 Å². The minimum Gasteiger partial charge on any atom is -0.496 e. The van der Waals surface area contributed by atoms with Crippen LogP contribution in [0, 0.1) is 0 Å². The second-order valence-electron chi connectivity index (χ2n) is 6.70. The number of hydrogen-bond donors (Lipinski definition) is 1. The monoisotopic (exact) mass is 444 g/mol. The van der Waals surface area contributed by atoms with Crippen LogP contribution in [0.4, 0.5) is 4.79 Å². The molecule has 0 aromatic heterocycles. The molecular formula is C22H24N2O6S. The molecule has 0 atom stereocenters. The lowest BCUT2D eigenvalue weighted by molar-refractivity contribution is -0.129. The summed E-state index contributed by atoms with van der Waals surface area (Å²) in [5.74, 6) is 0.402. The van der Waals surface area contributed by atoms with E-state index in [9.17, 15) is 14.4 Å². The van der Waals surface area contributed by atoms with Gasteiger partial charge in [-0.2, -0.15) is 0 Å². The Kier molecular flexibility index (Phi) is 7.54. The molecule has 1 aliphatic rings. The number of methoxy groups -OCH3 is 3. The quantitative estimate of drug-likeness (QED) is 0.469. The van der Waals surface area contributed by atoms with Gasteiger partial charge in [0.25, 0.3) is 11.1 Å². The molecule has 8 nitrogen and oxygen atoms in total. The van der Waals surface area contributed by atoms with Crippen molar-refractivity contribution in [3.05, 3.63) is 40.8 Å². The van der Waals surface area contributed by atoms with Crippen molar-refractivity contribution in [1.29, 1.82) is 0 Å². The lowest BCUT2D eigenvalue weighted by Crippen LogP contribution is -2.39. The molecule has 0 bridgehead atoms. The summed E-state index contributed by atoms with van der Waals surface area (Å²) in [5, 5.41) is 3.79. The van der Waals surface area contributed by atoms with Gasteiger partial charge in [-0.25, -0.2) is 0 Å². The Hall–Kier alpha value is -3.04. The van der Waals surface area contributed by atoms with E-state index in [2.05, 4.69) is 5.32 Å². The van der Waals surface area contributed by atoms with E-state index in [1.54, 1.807) is 39.5 Å². The van der Waals surface area contributed by atoms with Crippen LogP contribution < -0.4 is 14.8 Å². The molecule has 3 rings (SSSR count). The fourth-order valence-electron chi connectivity index (χ4n) is 3.26. The molecule has 1 heterocycles. The first-order chi connectivity index (χ1) is 15.0. The number of ether oxygens (including phenoxy) is 3. The van der Waals surface area contributed by atoms with Crippen LogP contribution in [-0.2, 0) is 14.3 Å². The smallest absolute Gasteiger partial charge is 0.294 e. The van der Waals surface area contributed by atoms with Gasteiger partial charge in [0.2, 0.25) is 5.91 Å². The molecule has 164 valence electrons. The van der Waals surface area contributed by atoms with Crippen LogP contribution in [0.15, 0.2) is 35.2 Å². The maximum Gasteiger partial charge on any atom is 0.294 e. The van der Waals surface area contributed by atoms with E-state index in [1.807, 2.05) is 18.2 Å². The minimum atomic E-state index is -0.499. The van der Waals surface area contributed by atoms with E-state index in [1.165, 1.54) is 0 Å². The van der Waals surface area contributed by atoms with Gasteiger partial charge in [0.1, 0.15) is 18.0 Å². The summed E-state index contributed by atoms with van der Waals surface area (Å²) in [7, 11) is 4.73. The number of thioether (sulfide) groups is 1. The highest BCUT2D eigenvalue weighted by Gasteiger charge is 2.36. The topological polar surface area (TPSA) is 94.2 Å². The molecule has 0 unspecified atom stereocenters. The number of rotatable bonds is 9. The molecule has 1 N–H and O–H groups in total. The van der Waals surface area contributed by atoms with E-state index < -0.39 is 17.1 Å². The summed E-state index contributed by atoms with van der Waals surface area (Å²) in [4.78, 5) is 38.5. The van der Waals surface area contributed by atoms with E-state index in [-0.39, 0.29) is 11.4 Å². The molecule has 0 spiro atoms. The van der Waals surface area contributed by atoms with Gasteiger partial charge in [0.05, 0.1) is 19.1 Å². The SMILES string of the molecule is COCCCNC(=O)CN1C(=O)S/C(=C\c2ccc(OC)c3cccc(OC)c23)C1=O. The summed E-state index contributed by atoms with van der Waals surface area (Å²) in [5.41, 5.74) is 0.711. The van der Waals surface area contributed by atoms with Crippen LogP contribution in [-0.4, -0.2) is 63.0 Å². The van der Waals surface area contributed by atoms with Crippen molar-refractivity contribution in [3.63, 3.8) is 0 Å². The highest BCUT2D eigenvalue weighted by molar-refractivity contribution is 8.18.